The van der Waals surface area contributed by atoms with Crippen molar-refractivity contribution in [1.82, 2.24) is 37.2 Å². The Morgan fingerprint density at radius 3 is 1.89 bits per heavy atom. The third-order valence-corrected chi connectivity index (χ3v) is 16.5. The van der Waals surface area contributed by atoms with Gasteiger partial charge in [-0.15, -0.1) is 0 Å². The van der Waals surface area contributed by atoms with Crippen molar-refractivity contribution in [1.29, 1.82) is 0 Å². The average Bonchev–Trinajstić information content (AvgIpc) is 3.42. The van der Waals surface area contributed by atoms with Crippen molar-refractivity contribution >= 4 is 86.7 Å². The van der Waals surface area contributed by atoms with Gasteiger partial charge in [0.1, 0.15) is 48.6 Å². The molecule has 8 amide bonds. The van der Waals surface area contributed by atoms with Gasteiger partial charge < -0.3 is 81.5 Å². The number of rotatable bonds is 20. The molecule has 1 aliphatic heterocycles. The molecule has 20 N–H and O–H groups in total. The van der Waals surface area contributed by atoms with E-state index in [4.69, 9.17) is 39.1 Å². The molecule has 2 fully saturated rings. The van der Waals surface area contributed by atoms with Crippen LogP contribution in [0.3, 0.4) is 0 Å². The number of nitrogens with zero attached hydrogens (tertiary/aromatic N) is 2. The number of carbonyl (C=O) groups is 9. The maximum Gasteiger partial charge on any atom is 0.307 e. The smallest absolute Gasteiger partial charge is 0.307 e. The second kappa shape index (κ2) is 33.3. The Morgan fingerprint density at radius 1 is 0.713 bits per heavy atom. The van der Waals surface area contributed by atoms with E-state index in [0.29, 0.717) is 24.0 Å². The fraction of sp³-hybridized carbons (Fsp3) is 0.558. The zero-order valence-corrected chi connectivity index (χ0v) is 46.9. The highest BCUT2D eigenvalue weighted by atomic mass is 33.1. The van der Waals surface area contributed by atoms with Crippen LogP contribution in [0, 0.1) is 5.92 Å². The summed E-state index contributed by atoms with van der Waals surface area (Å²) in [6.07, 6.45) is 3.32. The number of hydrogen-bond donors (Lipinski definition) is 14. The predicted molar refractivity (Wildman–Crippen MR) is 304 cm³/mol. The van der Waals surface area contributed by atoms with Crippen molar-refractivity contribution in [2.45, 2.75) is 144 Å². The van der Waals surface area contributed by atoms with Crippen LogP contribution in [0.25, 0.3) is 0 Å². The quantitative estimate of drug-likeness (QED) is 0.0229. The van der Waals surface area contributed by atoms with E-state index in [1.165, 1.54) is 33.7 Å². The molecule has 0 unspecified atom stereocenters. The average molecular weight is 1150 g/mol. The van der Waals surface area contributed by atoms with Gasteiger partial charge in [0.05, 0.1) is 18.9 Å². The van der Waals surface area contributed by atoms with E-state index in [2.05, 4.69) is 47.2 Å². The first-order chi connectivity index (χ1) is 38.0. The first-order valence-corrected chi connectivity index (χ1v) is 28.9. The number of primary amides is 2. The number of aromatic hydroxyl groups is 1. The number of esters is 1. The van der Waals surface area contributed by atoms with Gasteiger partial charge in [0.15, 0.2) is 11.9 Å². The Kier molecular flexibility index (Phi) is 27.1. The highest BCUT2D eigenvalue weighted by molar-refractivity contribution is 8.77. The number of nitrogens with one attached hydrogen (secondary N) is 7. The lowest BCUT2D eigenvalue weighted by Gasteiger charge is -2.35. The summed E-state index contributed by atoms with van der Waals surface area (Å²) in [5.74, 6) is -8.62. The molecule has 0 radical (unpaired) electrons. The van der Waals surface area contributed by atoms with Gasteiger partial charge in [0.25, 0.3) is 0 Å². The monoisotopic (exact) mass is 1150 g/mol. The molecule has 440 valence electrons. The van der Waals surface area contributed by atoms with Gasteiger partial charge in [-0.1, -0.05) is 97.2 Å². The van der Waals surface area contributed by atoms with Crippen LogP contribution in [0.15, 0.2) is 64.6 Å². The zero-order valence-electron chi connectivity index (χ0n) is 45.2. The molecule has 1 aliphatic carbocycles. The molecular formula is C52H79N15O11S2. The van der Waals surface area contributed by atoms with E-state index in [0.717, 1.165) is 19.3 Å². The van der Waals surface area contributed by atoms with Gasteiger partial charge in [-0.25, -0.2) is 0 Å². The first-order valence-electron chi connectivity index (χ1n) is 26.6. The van der Waals surface area contributed by atoms with Crippen LogP contribution in [0.5, 0.6) is 5.75 Å². The van der Waals surface area contributed by atoms with Crippen molar-refractivity contribution in [3.8, 4) is 5.75 Å². The van der Waals surface area contributed by atoms with Crippen LogP contribution >= 0.6 is 21.6 Å². The standard InChI is InChI=1S/C52H79N15O11S2/c1-30(2)42-49(77)65-38(27-40(53)69)46(74)66-39(48(76)63-35(14-10-22-61-51(57)58)44(72)62-34(43(54)71)13-9-21-60-50(55)56)29-79-80-52(19-7-4-8-20-52)28-41(70)78-24-23-59-36(25-32-15-17-33(68)18-16-32)45(73)64-37(47(75)67-42)26-31-11-5-3-6-12-31/h3,5-6,11-12,15-18,30,34-39,42,59,68H,4,7-10,13-14,19-29H2,1-2H3,(H2,53,69)(H2,54,71)(H,62,72)(H,63,76)(H,64,73)(H,65,77)(H,66,74)(H,67,75)(H4,55,56,60)(H4,57,58,61)/t34-,35-,36-,37-,38-,39-,42-/m0/s1. The molecule has 0 bridgehead atoms. The minimum absolute atomic E-state index is 0.0178. The number of cyclic esters (lactones) is 1. The Morgan fingerprint density at radius 2 is 1.29 bits per heavy atom. The summed E-state index contributed by atoms with van der Waals surface area (Å²) in [6, 6.07) is 5.65. The Bertz CT molecular complexity index is 2480. The summed E-state index contributed by atoms with van der Waals surface area (Å²) in [6.45, 7) is 3.33. The molecule has 4 rings (SSSR count). The number of hydrogen-bond acceptors (Lipinski definition) is 16. The zero-order chi connectivity index (χ0) is 58.8. The lowest BCUT2D eigenvalue weighted by molar-refractivity contribution is -0.144. The predicted octanol–water partition coefficient (Wildman–Crippen LogP) is -1.80. The van der Waals surface area contributed by atoms with Crippen molar-refractivity contribution in [3.63, 3.8) is 0 Å². The second-order valence-electron chi connectivity index (χ2n) is 20.1. The van der Waals surface area contributed by atoms with Gasteiger partial charge >= 0.3 is 5.97 Å². The van der Waals surface area contributed by atoms with E-state index in [1.807, 2.05) is 0 Å². The molecule has 26 nitrogen and oxygen atoms in total. The van der Waals surface area contributed by atoms with Crippen molar-refractivity contribution < 1.29 is 53.0 Å². The maximum atomic E-state index is 14.6. The largest absolute Gasteiger partial charge is 0.508 e. The van der Waals surface area contributed by atoms with Crippen molar-refractivity contribution in [3.05, 3.63) is 65.7 Å². The van der Waals surface area contributed by atoms with Crippen LogP contribution < -0.4 is 71.6 Å². The fourth-order valence-corrected chi connectivity index (χ4v) is 12.3. The number of ether oxygens (including phenoxy) is 1. The molecule has 1 heterocycles. The molecular weight excluding hydrogens is 1070 g/mol. The molecule has 1 saturated carbocycles. The van der Waals surface area contributed by atoms with Gasteiger partial charge in [0.2, 0.25) is 47.3 Å². The molecule has 28 heteroatoms. The summed E-state index contributed by atoms with van der Waals surface area (Å²) >= 11 is 0. The van der Waals surface area contributed by atoms with Crippen LogP contribution in [0.2, 0.25) is 0 Å². The summed E-state index contributed by atoms with van der Waals surface area (Å²) < 4.78 is 5.08. The maximum absolute atomic E-state index is 14.6. The molecule has 7 atom stereocenters. The van der Waals surface area contributed by atoms with Gasteiger partial charge in [-0.2, -0.15) is 0 Å². The van der Waals surface area contributed by atoms with Gasteiger partial charge in [0, 0.05) is 36.6 Å². The summed E-state index contributed by atoms with van der Waals surface area (Å²) in [5.41, 5.74) is 34.5. The van der Waals surface area contributed by atoms with Crippen LogP contribution in [-0.4, -0.2) is 149 Å². The van der Waals surface area contributed by atoms with E-state index in [1.54, 1.807) is 56.3 Å². The minimum Gasteiger partial charge on any atom is -0.508 e. The Hall–Kier alpha value is -7.33. The fourth-order valence-electron chi connectivity index (χ4n) is 8.90. The molecule has 80 heavy (non-hydrogen) atoms. The normalized spacial score (nSPS) is 21.6. The number of amides is 8. The minimum atomic E-state index is -1.72. The summed E-state index contributed by atoms with van der Waals surface area (Å²) in [5, 5.41) is 29.1. The third kappa shape index (κ3) is 23.2. The third-order valence-electron chi connectivity index (χ3n) is 13.2. The van der Waals surface area contributed by atoms with Crippen LogP contribution in [0.4, 0.5) is 0 Å². The molecule has 2 aromatic carbocycles. The SMILES string of the molecule is CC(C)[C@@H]1NC(=O)[C@H](Cc2ccccc2)NC(=O)[C@H](Cc2ccc(O)cc2)NCCOC(=O)CC2(CCCCC2)SSC[C@@H](C(=O)N[C@@H](CCCN=C(N)N)C(=O)N[C@@H](CCCN=C(N)N)C(N)=O)NC(=O)[C@H](CC(N)=O)NC1=O. The number of phenols is 1. The van der Waals surface area contributed by atoms with Gasteiger partial charge in [-0.05, 0) is 74.1 Å². The van der Waals surface area contributed by atoms with Crippen molar-refractivity contribution in [2.75, 3.05) is 32.0 Å². The van der Waals surface area contributed by atoms with E-state index in [-0.39, 0.29) is 94.6 Å². The second-order valence-corrected chi connectivity index (χ2v) is 22.9. The number of nitrogens with two attached hydrogens (primary N) is 6. The summed E-state index contributed by atoms with van der Waals surface area (Å²) in [7, 11) is 2.50. The molecule has 0 aromatic heterocycles. The van der Waals surface area contributed by atoms with Crippen molar-refractivity contribution in [2.24, 2.45) is 50.3 Å². The topological polar surface area (TPSA) is 448 Å². The number of aliphatic imine (C=N–C) groups is 2. The Labute approximate surface area is 473 Å². The molecule has 1 saturated heterocycles. The van der Waals surface area contributed by atoms with E-state index < -0.39 is 113 Å². The van der Waals surface area contributed by atoms with Crippen LogP contribution in [-0.2, 0) is 60.7 Å². The number of carbonyl (C=O) groups excluding carboxylic acids is 9. The highest BCUT2D eigenvalue weighted by Crippen LogP contribution is 2.48. The number of benzene rings is 2. The Balaban J connectivity index is 1.74. The van der Waals surface area contributed by atoms with Crippen LogP contribution in [0.1, 0.15) is 95.6 Å². The summed E-state index contributed by atoms with van der Waals surface area (Å²) in [4.78, 5) is 133. The molecule has 2 aliphatic rings. The molecule has 2 aromatic rings. The highest BCUT2D eigenvalue weighted by Gasteiger charge is 2.39. The first kappa shape index (κ1) is 65.2. The lowest BCUT2D eigenvalue weighted by Crippen LogP contribution is -2.61. The van der Waals surface area contributed by atoms with E-state index >= 15 is 0 Å². The number of phenolic OH excluding ortho intramolecular Hbond substituents is 1. The van der Waals surface area contributed by atoms with Gasteiger partial charge in [-0.3, -0.25) is 53.1 Å². The molecule has 1 spiro atoms. The number of guanidine groups is 2. The van der Waals surface area contributed by atoms with E-state index in [9.17, 15) is 48.3 Å². The lowest BCUT2D eigenvalue weighted by atomic mass is 9.86.